The molecule has 0 aromatic rings. The minimum atomic E-state index is -0.747. The molecule has 0 saturated heterocycles. The molecule has 4 heteroatoms. The summed E-state index contributed by atoms with van der Waals surface area (Å²) in [5.74, 6) is 0.0118. The molecular formula is C24H38O4. The first kappa shape index (κ1) is 21.5. The van der Waals surface area contributed by atoms with Gasteiger partial charge in [-0.1, -0.05) is 40.2 Å². The molecule has 0 heterocycles. The lowest BCUT2D eigenvalue weighted by Gasteiger charge is -2.63. The van der Waals surface area contributed by atoms with Gasteiger partial charge < -0.3 is 10.2 Å². The van der Waals surface area contributed by atoms with Gasteiger partial charge in [0.1, 0.15) is 0 Å². The van der Waals surface area contributed by atoms with Crippen LogP contribution in [0.3, 0.4) is 0 Å². The number of carboxylic acids is 1. The molecule has 2 N–H and O–H groups in total. The Kier molecular flexibility index (Phi) is 5.59. The van der Waals surface area contributed by atoms with Gasteiger partial charge in [-0.2, -0.15) is 0 Å². The van der Waals surface area contributed by atoms with Crippen molar-refractivity contribution in [3.05, 3.63) is 11.6 Å². The van der Waals surface area contributed by atoms with Gasteiger partial charge in [0.15, 0.2) is 5.78 Å². The Labute approximate surface area is 169 Å². The predicted molar refractivity (Wildman–Crippen MR) is 110 cm³/mol. The van der Waals surface area contributed by atoms with E-state index in [0.717, 1.165) is 50.5 Å². The summed E-state index contributed by atoms with van der Waals surface area (Å²) in [6, 6.07) is 0. The Hall–Kier alpha value is -1.16. The minimum absolute atomic E-state index is 0.0107. The molecule has 3 fully saturated rings. The third-order valence-electron chi connectivity index (χ3n) is 9.22. The molecule has 0 aromatic heterocycles. The number of carbonyl (C=O) groups excluding carboxylic acids is 1. The van der Waals surface area contributed by atoms with E-state index in [9.17, 15) is 19.8 Å². The first-order valence-electron chi connectivity index (χ1n) is 11.3. The Balaban J connectivity index is 0.00000109. The number of carboxylic acid groups (broad SMARTS) is 1. The van der Waals surface area contributed by atoms with Crippen molar-refractivity contribution >= 4 is 11.8 Å². The van der Waals surface area contributed by atoms with Crippen LogP contribution < -0.4 is 0 Å². The number of rotatable bonds is 2. The van der Waals surface area contributed by atoms with Gasteiger partial charge >= 0.3 is 5.97 Å². The van der Waals surface area contributed by atoms with Crippen molar-refractivity contribution in [2.45, 2.75) is 91.6 Å². The van der Waals surface area contributed by atoms with Crippen molar-refractivity contribution in [1.82, 2.24) is 0 Å². The Bertz CT molecular complexity index is 682. The number of hydrogen-bond donors (Lipinski definition) is 2. The van der Waals surface area contributed by atoms with E-state index in [0.29, 0.717) is 12.3 Å². The highest BCUT2D eigenvalue weighted by Crippen LogP contribution is 2.68. The molecule has 4 rings (SSSR count). The fraction of sp³-hybridized carbons (Fsp3) is 0.833. The molecule has 0 radical (unpaired) electrons. The van der Waals surface area contributed by atoms with Crippen molar-refractivity contribution < 1.29 is 19.8 Å². The summed E-state index contributed by atoms with van der Waals surface area (Å²) in [4.78, 5) is 23.6. The SMILES string of the molecule is CC.C[C@H](C(=O)O)C1CCC2C3CCC4=CC(=O)CC[C@]4(C)[C@@]3(O)CC[C@@]21C. The zero-order valence-corrected chi connectivity index (χ0v) is 18.3. The van der Waals surface area contributed by atoms with Gasteiger partial charge in [-0.05, 0) is 74.2 Å². The highest BCUT2D eigenvalue weighted by atomic mass is 16.4. The van der Waals surface area contributed by atoms with E-state index < -0.39 is 11.6 Å². The lowest BCUT2D eigenvalue weighted by atomic mass is 9.44. The van der Waals surface area contributed by atoms with Crippen molar-refractivity contribution in [3.8, 4) is 0 Å². The summed E-state index contributed by atoms with van der Waals surface area (Å²) in [5.41, 5.74) is 0.131. The highest BCUT2D eigenvalue weighted by Gasteiger charge is 2.66. The molecule has 3 saturated carbocycles. The maximum absolute atomic E-state index is 12.0. The quantitative estimate of drug-likeness (QED) is 0.696. The number of hydrogen-bond acceptors (Lipinski definition) is 3. The van der Waals surface area contributed by atoms with Crippen LogP contribution in [0.25, 0.3) is 0 Å². The van der Waals surface area contributed by atoms with Gasteiger partial charge in [-0.25, -0.2) is 0 Å². The summed E-state index contributed by atoms with van der Waals surface area (Å²) < 4.78 is 0. The van der Waals surface area contributed by atoms with Gasteiger partial charge in [0, 0.05) is 11.8 Å². The summed E-state index contributed by atoms with van der Waals surface area (Å²) in [6.45, 7) is 10.3. The second kappa shape index (κ2) is 7.27. The zero-order chi connectivity index (χ0) is 20.9. The maximum atomic E-state index is 12.0. The second-order valence-electron chi connectivity index (χ2n) is 9.96. The van der Waals surface area contributed by atoms with Crippen LogP contribution in [0.2, 0.25) is 0 Å². The van der Waals surface area contributed by atoms with Gasteiger partial charge in [0.2, 0.25) is 0 Å². The average Bonchev–Trinajstić information content (AvgIpc) is 3.01. The highest BCUT2D eigenvalue weighted by molar-refractivity contribution is 5.91. The van der Waals surface area contributed by atoms with Gasteiger partial charge in [0.25, 0.3) is 0 Å². The van der Waals surface area contributed by atoms with Crippen LogP contribution in [0.1, 0.15) is 86.0 Å². The zero-order valence-electron chi connectivity index (χ0n) is 18.3. The Morgan fingerprint density at radius 2 is 1.75 bits per heavy atom. The number of ketones is 1. The smallest absolute Gasteiger partial charge is 0.306 e. The molecule has 4 aliphatic carbocycles. The lowest BCUT2D eigenvalue weighted by molar-refractivity contribution is -0.194. The Morgan fingerprint density at radius 1 is 1.07 bits per heavy atom. The van der Waals surface area contributed by atoms with Crippen LogP contribution in [0.15, 0.2) is 11.6 Å². The van der Waals surface area contributed by atoms with E-state index in [1.54, 1.807) is 0 Å². The van der Waals surface area contributed by atoms with Crippen molar-refractivity contribution in [3.63, 3.8) is 0 Å². The van der Waals surface area contributed by atoms with E-state index in [1.165, 1.54) is 0 Å². The molecule has 0 bridgehead atoms. The van der Waals surface area contributed by atoms with Crippen LogP contribution in [0, 0.1) is 34.5 Å². The van der Waals surface area contributed by atoms with Gasteiger partial charge in [0.05, 0.1) is 11.5 Å². The number of aliphatic carboxylic acids is 1. The summed E-state index contributed by atoms with van der Waals surface area (Å²) >= 11 is 0. The molecule has 4 nitrogen and oxygen atoms in total. The van der Waals surface area contributed by atoms with Crippen LogP contribution in [-0.4, -0.2) is 27.6 Å². The molecule has 0 spiro atoms. The largest absolute Gasteiger partial charge is 0.481 e. The molecule has 0 amide bonds. The average molecular weight is 391 g/mol. The van der Waals surface area contributed by atoms with Crippen LogP contribution in [-0.2, 0) is 9.59 Å². The molecule has 0 aromatic carbocycles. The summed E-state index contributed by atoms with van der Waals surface area (Å²) in [5, 5.41) is 21.5. The molecule has 4 aliphatic rings. The van der Waals surface area contributed by atoms with Crippen molar-refractivity contribution in [2.24, 2.45) is 34.5 Å². The van der Waals surface area contributed by atoms with Gasteiger partial charge in [-0.3, -0.25) is 9.59 Å². The van der Waals surface area contributed by atoms with E-state index in [4.69, 9.17) is 0 Å². The van der Waals surface area contributed by atoms with Crippen molar-refractivity contribution in [1.29, 1.82) is 0 Å². The summed E-state index contributed by atoms with van der Waals surface area (Å²) in [6.07, 6.45) is 8.55. The van der Waals surface area contributed by atoms with Crippen LogP contribution in [0.4, 0.5) is 0 Å². The third-order valence-corrected chi connectivity index (χ3v) is 9.22. The molecule has 158 valence electrons. The predicted octanol–water partition coefficient (Wildman–Crippen LogP) is 5.00. The lowest BCUT2D eigenvalue weighted by Crippen LogP contribution is -2.63. The second-order valence-corrected chi connectivity index (χ2v) is 9.96. The molecule has 0 aliphatic heterocycles. The van der Waals surface area contributed by atoms with E-state index in [2.05, 4.69) is 13.8 Å². The Morgan fingerprint density at radius 3 is 2.39 bits per heavy atom. The molecule has 28 heavy (non-hydrogen) atoms. The maximum Gasteiger partial charge on any atom is 0.306 e. The van der Waals surface area contributed by atoms with Crippen LogP contribution >= 0.6 is 0 Å². The van der Waals surface area contributed by atoms with E-state index >= 15 is 0 Å². The van der Waals surface area contributed by atoms with Crippen molar-refractivity contribution in [2.75, 3.05) is 0 Å². The molecule has 3 unspecified atom stereocenters. The topological polar surface area (TPSA) is 74.6 Å². The van der Waals surface area contributed by atoms with Gasteiger partial charge in [-0.15, -0.1) is 0 Å². The fourth-order valence-electron chi connectivity index (χ4n) is 7.53. The molecular weight excluding hydrogens is 352 g/mol. The first-order valence-corrected chi connectivity index (χ1v) is 11.3. The third kappa shape index (κ3) is 2.81. The van der Waals surface area contributed by atoms with E-state index in [-0.39, 0.29) is 34.4 Å². The van der Waals surface area contributed by atoms with E-state index in [1.807, 2.05) is 26.8 Å². The number of aliphatic hydroxyl groups is 1. The monoisotopic (exact) mass is 390 g/mol. The molecule has 7 atom stereocenters. The normalized spacial score (nSPS) is 45.6. The summed E-state index contributed by atoms with van der Waals surface area (Å²) in [7, 11) is 0. The first-order chi connectivity index (χ1) is 13.1. The standard InChI is InChI=1S/C22H32O4.C2H6/c1-13(19(24)25)16-6-7-17-18-5-4-14-12-15(23)8-9-21(14,3)22(18,26)11-10-20(16,17)2;1-2/h12-13,16-18,26H,4-11H2,1-3H3,(H,24,25);1-2H3/t13-,16?,17?,18?,20+,21-,22+;/m0./s1. The minimum Gasteiger partial charge on any atom is -0.481 e. The fourth-order valence-corrected chi connectivity index (χ4v) is 7.53. The van der Waals surface area contributed by atoms with Crippen LogP contribution in [0.5, 0.6) is 0 Å². The number of carbonyl (C=O) groups is 2. The number of fused-ring (bicyclic) bond motifs is 5.